The molecule has 4 nitrogen and oxygen atoms in total. The Morgan fingerprint density at radius 2 is 2.12 bits per heavy atom. The van der Waals surface area contributed by atoms with Crippen LogP contribution in [0.2, 0.25) is 0 Å². The third-order valence-electron chi connectivity index (χ3n) is 1.97. The fourth-order valence-corrected chi connectivity index (χ4v) is 1.89. The predicted molar refractivity (Wildman–Crippen MR) is 68.7 cm³/mol. The number of nitrogens with one attached hydrogen (secondary N) is 1. The number of halogens is 1. The topological polar surface area (TPSA) is 64.3 Å². The van der Waals surface area contributed by atoms with Crippen molar-refractivity contribution in [1.82, 2.24) is 0 Å². The smallest absolute Gasteiger partial charge is 0.337 e. The number of benzene rings is 1. The number of nitrogen functional groups attached to an aromatic ring is 1. The molecule has 16 heavy (non-hydrogen) atoms. The lowest BCUT2D eigenvalue weighted by Gasteiger charge is -2.15. The zero-order chi connectivity index (χ0) is 12.3. The Labute approximate surface area is 103 Å². The molecule has 0 radical (unpaired) electrons. The Kier molecular flexibility index (Phi) is 4.18. The maximum atomic E-state index is 11.3. The van der Waals surface area contributed by atoms with E-state index in [9.17, 15) is 4.79 Å². The molecule has 0 aromatic heterocycles. The van der Waals surface area contributed by atoms with Crippen LogP contribution in [0.5, 0.6) is 0 Å². The van der Waals surface area contributed by atoms with Crippen LogP contribution in [-0.2, 0) is 4.74 Å². The quantitative estimate of drug-likeness (QED) is 0.662. The van der Waals surface area contributed by atoms with E-state index >= 15 is 0 Å². The van der Waals surface area contributed by atoms with Crippen molar-refractivity contribution in [1.29, 1.82) is 0 Å². The lowest BCUT2D eigenvalue weighted by atomic mass is 10.1. The normalized spacial score (nSPS) is 10.3. The molecule has 1 aromatic carbocycles. The van der Waals surface area contributed by atoms with Crippen LogP contribution in [0.3, 0.4) is 0 Å². The highest BCUT2D eigenvalue weighted by Gasteiger charge is 2.12. The number of anilines is 2. The van der Waals surface area contributed by atoms with Gasteiger partial charge in [0.1, 0.15) is 0 Å². The number of nitrogens with two attached hydrogens (primary N) is 1. The third kappa shape index (κ3) is 2.88. The van der Waals surface area contributed by atoms with E-state index in [4.69, 9.17) is 5.73 Å². The van der Waals surface area contributed by atoms with E-state index < -0.39 is 5.97 Å². The lowest BCUT2D eigenvalue weighted by Crippen LogP contribution is -2.13. The molecular formula is C11H15BrN2O2. The maximum absolute atomic E-state index is 11.3. The second-order valence-corrected chi connectivity index (χ2v) is 4.57. The van der Waals surface area contributed by atoms with Crippen LogP contribution in [0, 0.1) is 0 Å². The third-order valence-corrected chi connectivity index (χ3v) is 2.60. The van der Waals surface area contributed by atoms with E-state index in [1.54, 1.807) is 12.1 Å². The molecule has 0 unspecified atom stereocenters. The molecule has 0 aliphatic rings. The summed E-state index contributed by atoms with van der Waals surface area (Å²) < 4.78 is 5.38. The summed E-state index contributed by atoms with van der Waals surface area (Å²) in [6.07, 6.45) is 0. The Morgan fingerprint density at radius 1 is 1.50 bits per heavy atom. The molecule has 5 heteroatoms. The summed E-state index contributed by atoms with van der Waals surface area (Å²) in [5.41, 5.74) is 7.61. The van der Waals surface area contributed by atoms with Gasteiger partial charge in [-0.3, -0.25) is 0 Å². The second kappa shape index (κ2) is 5.21. The number of carbonyl (C=O) groups excluding carboxylic acids is 1. The van der Waals surface area contributed by atoms with Gasteiger partial charge < -0.3 is 15.8 Å². The van der Waals surface area contributed by atoms with Crippen LogP contribution in [0.25, 0.3) is 0 Å². The Bertz CT molecular complexity index is 382. The largest absolute Gasteiger partial charge is 0.465 e. The van der Waals surface area contributed by atoms with Crippen molar-refractivity contribution >= 4 is 33.3 Å². The van der Waals surface area contributed by atoms with Gasteiger partial charge in [-0.2, -0.15) is 0 Å². The van der Waals surface area contributed by atoms with Crippen LogP contribution in [-0.4, -0.2) is 19.1 Å². The van der Waals surface area contributed by atoms with Crippen molar-refractivity contribution < 1.29 is 9.53 Å². The number of methoxy groups -OCH3 is 1. The first-order chi connectivity index (χ1) is 7.45. The zero-order valence-corrected chi connectivity index (χ0v) is 11.1. The highest BCUT2D eigenvalue weighted by atomic mass is 79.9. The first kappa shape index (κ1) is 12.8. The first-order valence-corrected chi connectivity index (χ1v) is 5.69. The van der Waals surface area contributed by atoms with E-state index in [1.165, 1.54) is 7.11 Å². The summed E-state index contributed by atoms with van der Waals surface area (Å²) in [4.78, 5) is 11.3. The van der Waals surface area contributed by atoms with Crippen molar-refractivity contribution in [3.8, 4) is 0 Å². The molecule has 0 saturated carbocycles. The molecule has 0 aliphatic heterocycles. The number of rotatable bonds is 3. The molecule has 0 aliphatic carbocycles. The minimum absolute atomic E-state index is 0.266. The monoisotopic (exact) mass is 286 g/mol. The van der Waals surface area contributed by atoms with Crippen molar-refractivity contribution in [2.45, 2.75) is 19.9 Å². The molecule has 1 aromatic rings. The molecule has 0 saturated heterocycles. The Balaban J connectivity index is 3.12. The lowest BCUT2D eigenvalue weighted by molar-refractivity contribution is 0.0601. The molecular weight excluding hydrogens is 272 g/mol. The first-order valence-electron chi connectivity index (χ1n) is 4.89. The van der Waals surface area contributed by atoms with E-state index in [0.717, 1.165) is 10.2 Å². The summed E-state index contributed by atoms with van der Waals surface area (Å²) in [6.45, 7) is 4.03. The Hall–Kier alpha value is -1.23. The van der Waals surface area contributed by atoms with Crippen molar-refractivity contribution in [3.05, 3.63) is 22.2 Å². The number of carbonyl (C=O) groups is 1. The average molecular weight is 287 g/mol. The predicted octanol–water partition coefficient (Wildman–Crippen LogP) is 2.64. The van der Waals surface area contributed by atoms with Gasteiger partial charge in [-0.25, -0.2) is 4.79 Å². The second-order valence-electron chi connectivity index (χ2n) is 3.71. The van der Waals surface area contributed by atoms with Gasteiger partial charge in [0.15, 0.2) is 0 Å². The molecule has 0 heterocycles. The minimum Gasteiger partial charge on any atom is -0.465 e. The summed E-state index contributed by atoms with van der Waals surface area (Å²) in [6, 6.07) is 3.55. The SMILES string of the molecule is COC(=O)c1cc(N)c(NC(C)C)c(Br)c1. The highest BCUT2D eigenvalue weighted by Crippen LogP contribution is 2.31. The molecule has 88 valence electrons. The van der Waals surface area contributed by atoms with Gasteiger partial charge in [0, 0.05) is 10.5 Å². The minimum atomic E-state index is -0.400. The molecule has 0 bridgehead atoms. The van der Waals surface area contributed by atoms with Crippen LogP contribution in [0.15, 0.2) is 16.6 Å². The van der Waals surface area contributed by atoms with Gasteiger partial charge in [-0.1, -0.05) is 0 Å². The fourth-order valence-electron chi connectivity index (χ4n) is 1.30. The van der Waals surface area contributed by atoms with Gasteiger partial charge in [0.25, 0.3) is 0 Å². The van der Waals surface area contributed by atoms with E-state index in [0.29, 0.717) is 11.3 Å². The molecule has 0 atom stereocenters. The number of hydrogen-bond acceptors (Lipinski definition) is 4. The molecule has 0 amide bonds. The number of esters is 1. The summed E-state index contributed by atoms with van der Waals surface area (Å²) in [5.74, 6) is -0.400. The zero-order valence-electron chi connectivity index (χ0n) is 9.50. The van der Waals surface area contributed by atoms with Crippen LogP contribution in [0.1, 0.15) is 24.2 Å². The summed E-state index contributed by atoms with van der Waals surface area (Å²) in [7, 11) is 1.34. The average Bonchev–Trinajstić information content (AvgIpc) is 2.21. The van der Waals surface area contributed by atoms with Gasteiger partial charge in [0.2, 0.25) is 0 Å². The van der Waals surface area contributed by atoms with Crippen LogP contribution >= 0.6 is 15.9 Å². The van der Waals surface area contributed by atoms with E-state index in [-0.39, 0.29) is 6.04 Å². The van der Waals surface area contributed by atoms with E-state index in [1.807, 2.05) is 13.8 Å². The van der Waals surface area contributed by atoms with Gasteiger partial charge in [-0.15, -0.1) is 0 Å². The van der Waals surface area contributed by atoms with Crippen molar-refractivity contribution in [2.75, 3.05) is 18.2 Å². The summed E-state index contributed by atoms with van der Waals surface area (Å²) in [5, 5.41) is 3.20. The summed E-state index contributed by atoms with van der Waals surface area (Å²) >= 11 is 3.37. The number of hydrogen-bond donors (Lipinski definition) is 2. The van der Waals surface area contributed by atoms with E-state index in [2.05, 4.69) is 26.0 Å². The molecule has 3 N–H and O–H groups in total. The standard InChI is InChI=1S/C11H15BrN2O2/c1-6(2)14-10-8(12)4-7(5-9(10)13)11(15)16-3/h4-6,14H,13H2,1-3H3. The van der Waals surface area contributed by atoms with Crippen molar-refractivity contribution in [3.63, 3.8) is 0 Å². The van der Waals surface area contributed by atoms with Gasteiger partial charge in [-0.05, 0) is 41.9 Å². The Morgan fingerprint density at radius 3 is 2.56 bits per heavy atom. The van der Waals surface area contributed by atoms with Gasteiger partial charge >= 0.3 is 5.97 Å². The highest BCUT2D eigenvalue weighted by molar-refractivity contribution is 9.10. The van der Waals surface area contributed by atoms with Crippen LogP contribution in [0.4, 0.5) is 11.4 Å². The van der Waals surface area contributed by atoms with Crippen molar-refractivity contribution in [2.24, 2.45) is 0 Å². The van der Waals surface area contributed by atoms with Crippen LogP contribution < -0.4 is 11.1 Å². The van der Waals surface area contributed by atoms with Gasteiger partial charge in [0.05, 0.1) is 24.0 Å². The fraction of sp³-hybridized carbons (Fsp3) is 0.364. The molecule has 0 fully saturated rings. The maximum Gasteiger partial charge on any atom is 0.337 e. The molecule has 0 spiro atoms. The molecule has 1 rings (SSSR count). The number of ether oxygens (including phenoxy) is 1.